The molecule has 104 valence electrons. The van der Waals surface area contributed by atoms with E-state index in [4.69, 9.17) is 11.6 Å². The first-order chi connectivity index (χ1) is 8.79. The van der Waals surface area contributed by atoms with Crippen molar-refractivity contribution < 1.29 is 0 Å². The molecule has 0 aromatic carbocycles. The lowest BCUT2D eigenvalue weighted by molar-refractivity contribution is 0.165. The molecule has 0 bridgehead atoms. The van der Waals surface area contributed by atoms with Crippen LogP contribution in [0.1, 0.15) is 71.1 Å². The van der Waals surface area contributed by atoms with Crippen molar-refractivity contribution in [2.75, 3.05) is 0 Å². The minimum Gasteiger partial charge on any atom is -0.123 e. The van der Waals surface area contributed by atoms with E-state index in [1.807, 2.05) is 0 Å². The van der Waals surface area contributed by atoms with Crippen molar-refractivity contribution in [2.45, 2.75) is 76.5 Å². The van der Waals surface area contributed by atoms with Crippen LogP contribution < -0.4 is 0 Å². The Morgan fingerprint density at radius 1 is 0.889 bits per heavy atom. The highest BCUT2D eigenvalue weighted by molar-refractivity contribution is 6.20. The van der Waals surface area contributed by atoms with Crippen molar-refractivity contribution in [3.8, 4) is 0 Å². The highest BCUT2D eigenvalue weighted by Crippen LogP contribution is 2.41. The van der Waals surface area contributed by atoms with Crippen LogP contribution in [-0.2, 0) is 0 Å². The van der Waals surface area contributed by atoms with Gasteiger partial charge < -0.3 is 0 Å². The van der Waals surface area contributed by atoms with Crippen molar-refractivity contribution in [1.29, 1.82) is 0 Å². The molecule has 1 heteroatoms. The number of hydrogen-bond donors (Lipinski definition) is 0. The van der Waals surface area contributed by atoms with E-state index in [2.05, 4.69) is 19.1 Å². The summed E-state index contributed by atoms with van der Waals surface area (Å²) in [6.45, 7) is 2.13. The molecule has 18 heavy (non-hydrogen) atoms. The maximum atomic E-state index is 6.21. The second kappa shape index (κ2) is 7.58. The summed E-state index contributed by atoms with van der Waals surface area (Å²) >= 11 is 6.21. The molecular formula is C17H29Cl. The summed E-state index contributed by atoms with van der Waals surface area (Å²) in [6, 6.07) is 0. The third-order valence-corrected chi connectivity index (χ3v) is 5.67. The average Bonchev–Trinajstić information content (AvgIpc) is 2.41. The molecule has 0 aliphatic heterocycles. The molecule has 0 N–H and O–H groups in total. The lowest BCUT2D eigenvalue weighted by atomic mass is 9.70. The molecule has 2 fully saturated rings. The van der Waals surface area contributed by atoms with Crippen LogP contribution in [-0.4, -0.2) is 5.38 Å². The van der Waals surface area contributed by atoms with Crippen molar-refractivity contribution in [3.63, 3.8) is 0 Å². The van der Waals surface area contributed by atoms with Gasteiger partial charge in [-0.3, -0.25) is 0 Å². The molecule has 0 heterocycles. The summed E-state index contributed by atoms with van der Waals surface area (Å²) in [5, 5.41) is 0.485. The first kappa shape index (κ1) is 14.4. The first-order valence-corrected chi connectivity index (χ1v) is 8.48. The molecule has 0 amide bonds. The fraction of sp³-hybridized carbons (Fsp3) is 0.882. The molecule has 2 saturated carbocycles. The van der Waals surface area contributed by atoms with Crippen molar-refractivity contribution in [3.05, 3.63) is 12.2 Å². The van der Waals surface area contributed by atoms with Gasteiger partial charge in [0.25, 0.3) is 0 Å². The van der Waals surface area contributed by atoms with E-state index in [0.717, 1.165) is 17.8 Å². The summed E-state index contributed by atoms with van der Waals surface area (Å²) in [7, 11) is 0. The third kappa shape index (κ3) is 4.30. The minimum absolute atomic E-state index is 0.485. The molecule has 0 aromatic heterocycles. The number of allylic oxidation sites excluding steroid dienone is 2. The molecule has 0 atom stereocenters. The Bertz CT molecular complexity index is 242. The van der Waals surface area contributed by atoms with Gasteiger partial charge in [-0.15, -0.1) is 11.6 Å². The average molecular weight is 269 g/mol. The van der Waals surface area contributed by atoms with E-state index in [0.29, 0.717) is 5.38 Å². The zero-order valence-corrected chi connectivity index (χ0v) is 12.7. The van der Waals surface area contributed by atoms with Gasteiger partial charge in [0.15, 0.2) is 0 Å². The summed E-state index contributed by atoms with van der Waals surface area (Å²) in [4.78, 5) is 0. The van der Waals surface area contributed by atoms with E-state index in [1.165, 1.54) is 64.2 Å². The molecule has 2 rings (SSSR count). The van der Waals surface area contributed by atoms with Gasteiger partial charge in [-0.25, -0.2) is 0 Å². The van der Waals surface area contributed by atoms with E-state index in [9.17, 15) is 0 Å². The number of halogens is 1. The predicted molar refractivity (Wildman–Crippen MR) is 81.1 cm³/mol. The Hall–Kier alpha value is 0.0300. The fourth-order valence-electron chi connectivity index (χ4n) is 4.00. The van der Waals surface area contributed by atoms with Crippen molar-refractivity contribution >= 4 is 11.6 Å². The zero-order chi connectivity index (χ0) is 12.8. The van der Waals surface area contributed by atoms with E-state index >= 15 is 0 Å². The summed E-state index contributed by atoms with van der Waals surface area (Å²) in [5.41, 5.74) is 0. The van der Waals surface area contributed by atoms with Crippen LogP contribution in [0.5, 0.6) is 0 Å². The topological polar surface area (TPSA) is 0 Å². The molecule has 0 aromatic rings. The van der Waals surface area contributed by atoms with Gasteiger partial charge in [-0.2, -0.15) is 0 Å². The van der Waals surface area contributed by atoms with Crippen LogP contribution in [0.25, 0.3) is 0 Å². The molecular weight excluding hydrogens is 240 g/mol. The van der Waals surface area contributed by atoms with Crippen LogP contribution in [0.2, 0.25) is 0 Å². The summed E-state index contributed by atoms with van der Waals surface area (Å²) < 4.78 is 0. The van der Waals surface area contributed by atoms with Crippen LogP contribution in [0.3, 0.4) is 0 Å². The van der Waals surface area contributed by atoms with Crippen LogP contribution in [0.4, 0.5) is 0 Å². The molecule has 0 saturated heterocycles. The SMILES string of the molecule is C/C=C/CCC1CCC(C2CCC(Cl)CC2)CC1. The molecule has 0 unspecified atom stereocenters. The fourth-order valence-corrected chi connectivity index (χ4v) is 4.25. The van der Waals surface area contributed by atoms with Crippen LogP contribution in [0.15, 0.2) is 12.2 Å². The Morgan fingerprint density at radius 3 is 2.00 bits per heavy atom. The van der Waals surface area contributed by atoms with Gasteiger partial charge in [0.1, 0.15) is 0 Å². The van der Waals surface area contributed by atoms with Crippen LogP contribution >= 0.6 is 11.6 Å². The lowest BCUT2D eigenvalue weighted by Crippen LogP contribution is -2.26. The largest absolute Gasteiger partial charge is 0.123 e. The van der Waals surface area contributed by atoms with E-state index < -0.39 is 0 Å². The minimum atomic E-state index is 0.485. The highest BCUT2D eigenvalue weighted by atomic mass is 35.5. The van der Waals surface area contributed by atoms with Crippen molar-refractivity contribution in [1.82, 2.24) is 0 Å². The Labute approximate surface area is 118 Å². The number of hydrogen-bond acceptors (Lipinski definition) is 0. The van der Waals surface area contributed by atoms with Crippen LogP contribution in [0, 0.1) is 17.8 Å². The smallest absolute Gasteiger partial charge is 0.0336 e. The van der Waals surface area contributed by atoms with Gasteiger partial charge in [-0.1, -0.05) is 25.0 Å². The second-order valence-electron chi connectivity index (χ2n) is 6.44. The molecule has 2 aliphatic carbocycles. The highest BCUT2D eigenvalue weighted by Gasteiger charge is 2.29. The quantitative estimate of drug-likeness (QED) is 0.437. The second-order valence-corrected chi connectivity index (χ2v) is 7.06. The Kier molecular flexibility index (Phi) is 6.08. The van der Waals surface area contributed by atoms with E-state index in [1.54, 1.807) is 0 Å². The summed E-state index contributed by atoms with van der Waals surface area (Å²) in [6.07, 6.45) is 18.6. The molecule has 0 spiro atoms. The normalized spacial score (nSPS) is 38.1. The summed E-state index contributed by atoms with van der Waals surface area (Å²) in [5.74, 6) is 3.06. The molecule has 0 nitrogen and oxygen atoms in total. The maximum Gasteiger partial charge on any atom is 0.0336 e. The third-order valence-electron chi connectivity index (χ3n) is 5.24. The van der Waals surface area contributed by atoms with Gasteiger partial charge in [0.2, 0.25) is 0 Å². The maximum absolute atomic E-state index is 6.21. The first-order valence-electron chi connectivity index (χ1n) is 8.04. The Balaban J connectivity index is 1.66. The lowest BCUT2D eigenvalue weighted by Gasteiger charge is -2.36. The van der Waals surface area contributed by atoms with E-state index in [-0.39, 0.29) is 0 Å². The number of alkyl halides is 1. The Morgan fingerprint density at radius 2 is 1.44 bits per heavy atom. The molecule has 0 radical (unpaired) electrons. The van der Waals surface area contributed by atoms with Gasteiger partial charge >= 0.3 is 0 Å². The van der Waals surface area contributed by atoms with Gasteiger partial charge in [0, 0.05) is 5.38 Å². The van der Waals surface area contributed by atoms with Crippen molar-refractivity contribution in [2.24, 2.45) is 17.8 Å². The predicted octanol–water partition coefficient (Wildman–Crippen LogP) is 5.95. The standard InChI is InChI=1S/C17H29Cl/c1-2-3-4-5-14-6-8-15(9-7-14)16-10-12-17(18)13-11-16/h2-3,14-17H,4-13H2,1H3/b3-2+. The molecule has 2 aliphatic rings. The van der Waals surface area contributed by atoms with Gasteiger partial charge in [0.05, 0.1) is 0 Å². The number of rotatable bonds is 4. The zero-order valence-electron chi connectivity index (χ0n) is 11.9. The monoisotopic (exact) mass is 268 g/mol. The van der Waals surface area contributed by atoms with Gasteiger partial charge in [-0.05, 0) is 76.0 Å².